The number of aromatic nitrogens is 2. The molecule has 4 nitrogen and oxygen atoms in total. The highest BCUT2D eigenvalue weighted by atomic mass is 19.1. The third-order valence-electron chi connectivity index (χ3n) is 4.34. The molecule has 0 bridgehead atoms. The molecular formula is C21H29FN2O2. The highest BCUT2D eigenvalue weighted by molar-refractivity contribution is 5.90. The lowest BCUT2D eigenvalue weighted by molar-refractivity contribution is 0.0693. The summed E-state index contributed by atoms with van der Waals surface area (Å²) < 4.78 is 15.8. The molecule has 142 valence electrons. The van der Waals surface area contributed by atoms with Gasteiger partial charge in [0.05, 0.1) is 11.4 Å². The van der Waals surface area contributed by atoms with E-state index in [1.807, 2.05) is 13.8 Å². The molecule has 0 fully saturated rings. The molecule has 1 atom stereocenters. The molecule has 0 saturated heterocycles. The Morgan fingerprint density at radius 3 is 2.35 bits per heavy atom. The lowest BCUT2D eigenvalue weighted by atomic mass is 9.83. The normalized spacial score (nSPS) is 13.2. The maximum Gasteiger partial charge on any atom is 0.339 e. The summed E-state index contributed by atoms with van der Waals surface area (Å²) >= 11 is 0. The second-order valence-electron chi connectivity index (χ2n) is 8.60. The maximum absolute atomic E-state index is 14.3. The molecule has 2 rings (SSSR count). The van der Waals surface area contributed by atoms with E-state index >= 15 is 0 Å². The van der Waals surface area contributed by atoms with Crippen molar-refractivity contribution >= 4 is 5.97 Å². The van der Waals surface area contributed by atoms with Gasteiger partial charge in [0.25, 0.3) is 0 Å². The molecule has 1 aromatic heterocycles. The fourth-order valence-corrected chi connectivity index (χ4v) is 3.64. The summed E-state index contributed by atoms with van der Waals surface area (Å²) in [7, 11) is 0. The largest absolute Gasteiger partial charge is 0.478 e. The zero-order chi connectivity index (χ0) is 19.6. The fraction of sp³-hybridized carbons (Fsp3) is 0.524. The van der Waals surface area contributed by atoms with E-state index in [9.17, 15) is 14.3 Å². The number of carbonyl (C=O) groups is 1. The van der Waals surface area contributed by atoms with Crippen LogP contribution >= 0.6 is 0 Å². The Hall–Kier alpha value is -2.17. The number of halogens is 1. The SMILES string of the molecule is CC(Cc1nn(-c2ccccc2F)c(C(C)C)c1C(=O)O)CC(C)(C)C. The summed E-state index contributed by atoms with van der Waals surface area (Å²) in [5.74, 6) is -1.24. The third-order valence-corrected chi connectivity index (χ3v) is 4.34. The first-order valence-corrected chi connectivity index (χ1v) is 9.11. The molecular weight excluding hydrogens is 331 g/mol. The van der Waals surface area contributed by atoms with Crippen LogP contribution in [0.5, 0.6) is 0 Å². The number of rotatable bonds is 6. The van der Waals surface area contributed by atoms with Crippen molar-refractivity contribution in [3.05, 3.63) is 47.0 Å². The zero-order valence-electron chi connectivity index (χ0n) is 16.5. The Kier molecular flexibility index (Phi) is 5.89. The van der Waals surface area contributed by atoms with Gasteiger partial charge < -0.3 is 5.11 Å². The first kappa shape index (κ1) is 20.1. The predicted octanol–water partition coefficient (Wildman–Crippen LogP) is 5.45. The van der Waals surface area contributed by atoms with Gasteiger partial charge in [-0.25, -0.2) is 13.9 Å². The molecule has 1 aromatic carbocycles. The van der Waals surface area contributed by atoms with Crippen LogP contribution in [0.1, 0.15) is 75.6 Å². The molecule has 0 aliphatic rings. The summed E-state index contributed by atoms with van der Waals surface area (Å²) in [5.41, 5.74) is 1.72. The minimum absolute atomic E-state index is 0.0973. The molecule has 2 aromatic rings. The fourth-order valence-electron chi connectivity index (χ4n) is 3.64. The Balaban J connectivity index is 2.57. The average Bonchev–Trinajstić information content (AvgIpc) is 2.84. The molecule has 1 N–H and O–H groups in total. The van der Waals surface area contributed by atoms with E-state index < -0.39 is 11.8 Å². The van der Waals surface area contributed by atoms with Gasteiger partial charge in [0.2, 0.25) is 0 Å². The second-order valence-corrected chi connectivity index (χ2v) is 8.60. The highest BCUT2D eigenvalue weighted by Crippen LogP contribution is 2.31. The van der Waals surface area contributed by atoms with E-state index in [-0.39, 0.29) is 28.5 Å². The Morgan fingerprint density at radius 2 is 1.85 bits per heavy atom. The molecule has 0 aliphatic heterocycles. The van der Waals surface area contributed by atoms with Crippen LogP contribution in [-0.4, -0.2) is 20.9 Å². The number of nitrogens with zero attached hydrogens (tertiary/aromatic N) is 2. The van der Waals surface area contributed by atoms with Crippen molar-refractivity contribution in [1.29, 1.82) is 0 Å². The van der Waals surface area contributed by atoms with Crippen LogP contribution in [0, 0.1) is 17.2 Å². The van der Waals surface area contributed by atoms with Gasteiger partial charge >= 0.3 is 5.97 Å². The van der Waals surface area contributed by atoms with Gasteiger partial charge in [-0.1, -0.05) is 53.7 Å². The number of para-hydroxylation sites is 1. The van der Waals surface area contributed by atoms with Gasteiger partial charge in [-0.15, -0.1) is 0 Å². The minimum atomic E-state index is -1.01. The molecule has 0 spiro atoms. The van der Waals surface area contributed by atoms with Crippen LogP contribution in [0.4, 0.5) is 4.39 Å². The lowest BCUT2D eigenvalue weighted by Gasteiger charge is -2.22. The van der Waals surface area contributed by atoms with Crippen LogP contribution in [0.2, 0.25) is 0 Å². The van der Waals surface area contributed by atoms with Gasteiger partial charge in [0.15, 0.2) is 0 Å². The van der Waals surface area contributed by atoms with E-state index in [0.717, 1.165) is 6.42 Å². The number of hydrogen-bond acceptors (Lipinski definition) is 2. The molecule has 0 amide bonds. The van der Waals surface area contributed by atoms with Crippen molar-refractivity contribution in [1.82, 2.24) is 9.78 Å². The summed E-state index contributed by atoms with van der Waals surface area (Å²) in [6.45, 7) is 12.4. The van der Waals surface area contributed by atoms with Crippen molar-refractivity contribution in [2.45, 2.75) is 60.3 Å². The molecule has 0 radical (unpaired) electrons. The van der Waals surface area contributed by atoms with Gasteiger partial charge in [0.1, 0.15) is 17.1 Å². The quantitative estimate of drug-likeness (QED) is 0.745. The minimum Gasteiger partial charge on any atom is -0.478 e. The van der Waals surface area contributed by atoms with E-state index in [1.165, 1.54) is 10.7 Å². The first-order valence-electron chi connectivity index (χ1n) is 9.11. The van der Waals surface area contributed by atoms with Gasteiger partial charge in [-0.3, -0.25) is 0 Å². The van der Waals surface area contributed by atoms with Crippen LogP contribution in [0.3, 0.4) is 0 Å². The smallest absolute Gasteiger partial charge is 0.339 e. The highest BCUT2D eigenvalue weighted by Gasteiger charge is 2.28. The molecule has 26 heavy (non-hydrogen) atoms. The third kappa shape index (κ3) is 4.51. The molecule has 0 aliphatic carbocycles. The van der Waals surface area contributed by atoms with Crippen molar-refractivity contribution < 1.29 is 14.3 Å². The summed E-state index contributed by atoms with van der Waals surface area (Å²) in [5, 5.41) is 14.4. The Labute approximate surface area is 155 Å². The van der Waals surface area contributed by atoms with E-state index in [4.69, 9.17) is 0 Å². The topological polar surface area (TPSA) is 55.1 Å². The van der Waals surface area contributed by atoms with E-state index in [1.54, 1.807) is 18.2 Å². The van der Waals surface area contributed by atoms with Crippen molar-refractivity contribution in [2.75, 3.05) is 0 Å². The number of carboxylic acid groups (broad SMARTS) is 1. The van der Waals surface area contributed by atoms with Crippen LogP contribution in [-0.2, 0) is 6.42 Å². The predicted molar refractivity (Wildman–Crippen MR) is 102 cm³/mol. The summed E-state index contributed by atoms with van der Waals surface area (Å²) in [6, 6.07) is 6.33. The summed E-state index contributed by atoms with van der Waals surface area (Å²) in [6.07, 6.45) is 1.51. The Bertz CT molecular complexity index is 788. The maximum atomic E-state index is 14.3. The first-order chi connectivity index (χ1) is 12.0. The Morgan fingerprint density at radius 1 is 1.23 bits per heavy atom. The lowest BCUT2D eigenvalue weighted by Crippen LogP contribution is -2.14. The van der Waals surface area contributed by atoms with Crippen LogP contribution in [0.15, 0.2) is 24.3 Å². The molecule has 1 heterocycles. The van der Waals surface area contributed by atoms with Gasteiger partial charge in [0, 0.05) is 0 Å². The number of carboxylic acids is 1. The average molecular weight is 360 g/mol. The second kappa shape index (κ2) is 7.60. The molecule has 5 heteroatoms. The van der Waals surface area contributed by atoms with Crippen LogP contribution < -0.4 is 0 Å². The van der Waals surface area contributed by atoms with E-state index in [0.29, 0.717) is 17.8 Å². The van der Waals surface area contributed by atoms with Crippen LogP contribution in [0.25, 0.3) is 5.69 Å². The van der Waals surface area contributed by atoms with Crippen molar-refractivity contribution in [3.63, 3.8) is 0 Å². The van der Waals surface area contributed by atoms with Gasteiger partial charge in [-0.05, 0) is 42.2 Å². The van der Waals surface area contributed by atoms with Crippen molar-refractivity contribution in [3.8, 4) is 5.69 Å². The monoisotopic (exact) mass is 360 g/mol. The number of hydrogen-bond donors (Lipinski definition) is 1. The molecule has 1 unspecified atom stereocenters. The van der Waals surface area contributed by atoms with Gasteiger partial charge in [-0.2, -0.15) is 5.10 Å². The molecule has 0 saturated carbocycles. The summed E-state index contributed by atoms with van der Waals surface area (Å²) in [4.78, 5) is 12.0. The standard InChI is InChI=1S/C21H29FN2O2/c1-13(2)19-18(20(25)26)16(11-14(3)12-21(4,5)6)23-24(19)17-10-8-7-9-15(17)22/h7-10,13-14H,11-12H2,1-6H3,(H,25,26). The zero-order valence-corrected chi connectivity index (χ0v) is 16.5. The van der Waals surface area contributed by atoms with E-state index in [2.05, 4.69) is 32.8 Å². The number of benzene rings is 1. The number of aromatic carboxylic acids is 1. The van der Waals surface area contributed by atoms with Crippen molar-refractivity contribution in [2.24, 2.45) is 11.3 Å².